The zero-order chi connectivity index (χ0) is 10.2. The van der Waals surface area contributed by atoms with Gasteiger partial charge >= 0.3 is 0 Å². The van der Waals surface area contributed by atoms with E-state index in [-0.39, 0.29) is 30.0 Å². The maximum Gasteiger partial charge on any atom is 0.117 e. The fourth-order valence-electron chi connectivity index (χ4n) is 2.20. The summed E-state index contributed by atoms with van der Waals surface area (Å²) >= 11 is 0. The third-order valence-electron chi connectivity index (χ3n) is 3.26. The first-order valence-electron chi connectivity index (χ1n) is 4.53. The Morgan fingerprint density at radius 3 is 2.38 bits per heavy atom. The third kappa shape index (κ3) is 1.64. The topological polar surface area (TPSA) is 49.7 Å². The van der Waals surface area contributed by atoms with Crippen molar-refractivity contribution in [2.75, 3.05) is 6.61 Å². The first-order chi connectivity index (χ1) is 5.96. The molecule has 76 valence electrons. The Morgan fingerprint density at radius 1 is 1.62 bits per heavy atom. The van der Waals surface area contributed by atoms with E-state index in [1.165, 1.54) is 0 Å². The number of hydrogen-bond acceptors (Lipinski definition) is 3. The molecule has 13 heavy (non-hydrogen) atoms. The summed E-state index contributed by atoms with van der Waals surface area (Å²) in [5, 5.41) is 17.8. The minimum absolute atomic E-state index is 0.0428. The molecule has 0 saturated heterocycles. The molecule has 0 bridgehead atoms. The summed E-state index contributed by atoms with van der Waals surface area (Å²) in [6, 6.07) is 0. The molecule has 0 spiro atoms. The van der Waals surface area contributed by atoms with Crippen molar-refractivity contribution in [3.8, 4) is 0 Å². The molecule has 0 aromatic heterocycles. The van der Waals surface area contributed by atoms with Crippen LogP contribution in [0.25, 0.3) is 0 Å². The van der Waals surface area contributed by atoms with Gasteiger partial charge in [-0.3, -0.25) is 5.26 Å². The van der Waals surface area contributed by atoms with Crippen molar-refractivity contribution in [2.24, 2.45) is 17.3 Å². The molecular weight excluding hydrogens is 168 g/mol. The molecule has 3 nitrogen and oxygen atoms in total. The van der Waals surface area contributed by atoms with Crippen LogP contribution in [0.5, 0.6) is 0 Å². The average molecular weight is 186 g/mol. The van der Waals surface area contributed by atoms with E-state index in [1.54, 1.807) is 0 Å². The Labute approximate surface area is 79.0 Å². The second kappa shape index (κ2) is 3.40. The van der Waals surface area contributed by atoms with Crippen LogP contribution in [-0.2, 0) is 4.89 Å². The minimum Gasteiger partial charge on any atom is -0.396 e. The lowest BCUT2D eigenvalue weighted by molar-refractivity contribution is -0.275. The van der Waals surface area contributed by atoms with E-state index >= 15 is 0 Å². The summed E-state index contributed by atoms with van der Waals surface area (Å²) in [4.78, 5) is 4.39. The standard InChI is InChI=1S/C10H18O3/c1-6(2)9(13-12)8-7(5-11)10(8,3)4/h7-9,11-12H,1,5H2,2-4H3/t7-,8+,9+/m1/s1. The Kier molecular flexibility index (Phi) is 2.80. The summed E-state index contributed by atoms with van der Waals surface area (Å²) in [5.41, 5.74) is 0.845. The van der Waals surface area contributed by atoms with Gasteiger partial charge in [-0.2, -0.15) is 0 Å². The second-order valence-electron chi connectivity index (χ2n) is 4.51. The van der Waals surface area contributed by atoms with Gasteiger partial charge in [-0.05, 0) is 23.8 Å². The zero-order valence-corrected chi connectivity index (χ0v) is 8.45. The number of hydrogen-bond donors (Lipinski definition) is 2. The number of rotatable bonds is 4. The van der Waals surface area contributed by atoms with E-state index in [1.807, 2.05) is 6.92 Å². The van der Waals surface area contributed by atoms with Crippen molar-refractivity contribution in [3.05, 3.63) is 12.2 Å². The number of aliphatic hydroxyl groups excluding tert-OH is 1. The van der Waals surface area contributed by atoms with Crippen LogP contribution in [-0.4, -0.2) is 23.1 Å². The molecule has 1 aliphatic rings. The minimum atomic E-state index is -0.341. The normalized spacial score (nSPS) is 32.7. The van der Waals surface area contributed by atoms with Gasteiger partial charge in [0.1, 0.15) is 6.10 Å². The fourth-order valence-corrected chi connectivity index (χ4v) is 2.20. The van der Waals surface area contributed by atoms with E-state index in [0.29, 0.717) is 0 Å². The van der Waals surface area contributed by atoms with E-state index in [0.717, 1.165) is 5.57 Å². The quantitative estimate of drug-likeness (QED) is 0.399. The maximum atomic E-state index is 9.07. The molecule has 1 aliphatic carbocycles. The molecule has 0 aromatic carbocycles. The van der Waals surface area contributed by atoms with Gasteiger partial charge in [-0.15, -0.1) is 0 Å². The zero-order valence-electron chi connectivity index (χ0n) is 8.45. The molecule has 1 fully saturated rings. The highest BCUT2D eigenvalue weighted by atomic mass is 17.1. The lowest BCUT2D eigenvalue weighted by Crippen LogP contribution is -2.18. The van der Waals surface area contributed by atoms with Crippen LogP contribution in [0.4, 0.5) is 0 Å². The molecule has 1 saturated carbocycles. The van der Waals surface area contributed by atoms with Crippen LogP contribution in [0.2, 0.25) is 0 Å². The Bertz CT molecular complexity index is 210. The van der Waals surface area contributed by atoms with Gasteiger partial charge in [0.2, 0.25) is 0 Å². The highest BCUT2D eigenvalue weighted by Gasteiger charge is 2.61. The summed E-state index contributed by atoms with van der Waals surface area (Å²) in [5.74, 6) is 0.390. The Balaban J connectivity index is 2.69. The molecular formula is C10H18O3. The van der Waals surface area contributed by atoms with Gasteiger partial charge in [0.15, 0.2) is 0 Å². The van der Waals surface area contributed by atoms with Crippen molar-refractivity contribution >= 4 is 0 Å². The highest BCUT2D eigenvalue weighted by molar-refractivity contribution is 5.16. The third-order valence-corrected chi connectivity index (χ3v) is 3.26. The van der Waals surface area contributed by atoms with Gasteiger partial charge in [-0.25, -0.2) is 4.89 Å². The SMILES string of the molecule is C=C(C)[C@H](OO)[C@@H]1[C@@H](CO)C1(C)C. The maximum absolute atomic E-state index is 9.07. The largest absolute Gasteiger partial charge is 0.396 e. The van der Waals surface area contributed by atoms with Crippen LogP contribution >= 0.6 is 0 Å². The molecule has 0 unspecified atom stereocenters. The molecule has 3 atom stereocenters. The van der Waals surface area contributed by atoms with Crippen LogP contribution in [0, 0.1) is 17.3 Å². The van der Waals surface area contributed by atoms with E-state index in [4.69, 9.17) is 10.4 Å². The molecule has 0 heterocycles. The predicted octanol–water partition coefficient (Wildman–Crippen LogP) is 1.69. The average Bonchev–Trinajstić information content (AvgIpc) is 2.54. The first-order valence-corrected chi connectivity index (χ1v) is 4.53. The lowest BCUT2D eigenvalue weighted by atomic mass is 10.0. The van der Waals surface area contributed by atoms with Crippen molar-refractivity contribution in [3.63, 3.8) is 0 Å². The van der Waals surface area contributed by atoms with Crippen molar-refractivity contribution in [1.29, 1.82) is 0 Å². The number of aliphatic hydroxyl groups is 1. The van der Waals surface area contributed by atoms with Gasteiger partial charge in [-0.1, -0.05) is 20.4 Å². The molecule has 0 radical (unpaired) electrons. The lowest BCUT2D eigenvalue weighted by Gasteiger charge is -2.14. The van der Waals surface area contributed by atoms with Gasteiger partial charge in [0.25, 0.3) is 0 Å². The summed E-state index contributed by atoms with van der Waals surface area (Å²) < 4.78 is 0. The van der Waals surface area contributed by atoms with E-state index in [9.17, 15) is 0 Å². The van der Waals surface area contributed by atoms with E-state index < -0.39 is 0 Å². The van der Waals surface area contributed by atoms with Crippen LogP contribution in [0.3, 0.4) is 0 Å². The van der Waals surface area contributed by atoms with Crippen LogP contribution < -0.4 is 0 Å². The second-order valence-corrected chi connectivity index (χ2v) is 4.51. The van der Waals surface area contributed by atoms with Crippen molar-refractivity contribution in [1.82, 2.24) is 0 Å². The molecule has 1 rings (SSSR count). The van der Waals surface area contributed by atoms with Crippen LogP contribution in [0.15, 0.2) is 12.2 Å². The fraction of sp³-hybridized carbons (Fsp3) is 0.800. The summed E-state index contributed by atoms with van der Waals surface area (Å²) in [6.07, 6.45) is -0.341. The molecule has 0 amide bonds. The monoisotopic (exact) mass is 186 g/mol. The summed E-state index contributed by atoms with van der Waals surface area (Å²) in [7, 11) is 0. The van der Waals surface area contributed by atoms with Gasteiger partial charge in [0, 0.05) is 12.5 Å². The molecule has 3 heteroatoms. The molecule has 0 aliphatic heterocycles. The molecule has 2 N–H and O–H groups in total. The first kappa shape index (κ1) is 10.7. The smallest absolute Gasteiger partial charge is 0.117 e. The van der Waals surface area contributed by atoms with Gasteiger partial charge < -0.3 is 5.11 Å². The van der Waals surface area contributed by atoms with Crippen LogP contribution in [0.1, 0.15) is 20.8 Å². The van der Waals surface area contributed by atoms with Crippen molar-refractivity contribution < 1.29 is 15.3 Å². The molecule has 0 aromatic rings. The van der Waals surface area contributed by atoms with Crippen molar-refractivity contribution in [2.45, 2.75) is 26.9 Å². The van der Waals surface area contributed by atoms with Gasteiger partial charge in [0.05, 0.1) is 0 Å². The Morgan fingerprint density at radius 2 is 2.15 bits per heavy atom. The Hall–Kier alpha value is -0.380. The summed E-state index contributed by atoms with van der Waals surface area (Å²) in [6.45, 7) is 9.85. The van der Waals surface area contributed by atoms with E-state index in [2.05, 4.69) is 25.3 Å². The predicted molar refractivity (Wildman–Crippen MR) is 50.2 cm³/mol. The highest BCUT2D eigenvalue weighted by Crippen LogP contribution is 2.60.